The van der Waals surface area contributed by atoms with Crippen molar-refractivity contribution < 1.29 is 9.47 Å². The molecular formula is C24H32N8O2. The van der Waals surface area contributed by atoms with Crippen LogP contribution in [-0.4, -0.2) is 65.9 Å². The third kappa shape index (κ3) is 4.67. The average molecular weight is 465 g/mol. The topological polar surface area (TPSA) is 110 Å². The van der Waals surface area contributed by atoms with Crippen LogP contribution in [0.4, 0.5) is 0 Å². The Morgan fingerprint density at radius 1 is 1.24 bits per heavy atom. The standard InChI is InChI=1S/C24H32N8O2/c1-7-19-17-10-20(25-12-21(17)28-27-19)18-11-26-31(6)24(18)34-15(4)13-32(8-2)14-22-16(5)23(30-29-22)33-9-3/h7,10-12,15H,1,8-9,13-14H2,2-6H3,(H,27,28)(H,29,30). The van der Waals surface area contributed by atoms with Gasteiger partial charge in [-0.05, 0) is 39.5 Å². The van der Waals surface area contributed by atoms with Crippen molar-refractivity contribution in [1.82, 2.24) is 40.1 Å². The first-order chi connectivity index (χ1) is 16.4. The molecule has 0 fully saturated rings. The van der Waals surface area contributed by atoms with E-state index >= 15 is 0 Å². The number of pyridine rings is 1. The largest absolute Gasteiger partial charge is 0.477 e. The molecule has 0 saturated carbocycles. The van der Waals surface area contributed by atoms with Gasteiger partial charge in [0.05, 0.1) is 47.2 Å². The summed E-state index contributed by atoms with van der Waals surface area (Å²) in [6, 6.07) is 1.99. The molecule has 4 aromatic heterocycles. The first-order valence-corrected chi connectivity index (χ1v) is 11.5. The first-order valence-electron chi connectivity index (χ1n) is 11.5. The quantitative estimate of drug-likeness (QED) is 0.348. The second kappa shape index (κ2) is 10.1. The number of hydrogen-bond donors (Lipinski definition) is 2. The van der Waals surface area contributed by atoms with E-state index in [1.807, 2.05) is 27.0 Å². The molecule has 0 radical (unpaired) electrons. The molecule has 2 N–H and O–H groups in total. The third-order valence-electron chi connectivity index (χ3n) is 5.83. The van der Waals surface area contributed by atoms with E-state index in [2.05, 4.69) is 55.8 Å². The van der Waals surface area contributed by atoms with Crippen molar-refractivity contribution in [2.24, 2.45) is 7.05 Å². The van der Waals surface area contributed by atoms with Crippen LogP contribution >= 0.6 is 0 Å². The van der Waals surface area contributed by atoms with Gasteiger partial charge in [-0.15, -0.1) is 5.10 Å². The van der Waals surface area contributed by atoms with Crippen LogP contribution in [0.2, 0.25) is 0 Å². The van der Waals surface area contributed by atoms with Gasteiger partial charge < -0.3 is 9.47 Å². The summed E-state index contributed by atoms with van der Waals surface area (Å²) in [5.74, 6) is 1.34. The first kappa shape index (κ1) is 23.5. The van der Waals surface area contributed by atoms with Crippen LogP contribution in [0.1, 0.15) is 37.7 Å². The molecule has 0 amide bonds. The van der Waals surface area contributed by atoms with E-state index in [0.29, 0.717) is 18.4 Å². The summed E-state index contributed by atoms with van der Waals surface area (Å²) in [4.78, 5) is 6.90. The Labute approximate surface area is 199 Å². The number of likely N-dealkylation sites (N-methyl/N-ethyl adjacent to an activating group) is 1. The van der Waals surface area contributed by atoms with Crippen LogP contribution in [0.3, 0.4) is 0 Å². The Kier molecular flexibility index (Phi) is 6.97. The fourth-order valence-electron chi connectivity index (χ4n) is 3.95. The van der Waals surface area contributed by atoms with E-state index in [-0.39, 0.29) is 6.10 Å². The molecule has 0 aliphatic rings. The highest BCUT2D eigenvalue weighted by molar-refractivity contribution is 5.89. The van der Waals surface area contributed by atoms with Gasteiger partial charge in [-0.3, -0.25) is 20.1 Å². The average Bonchev–Trinajstić information content (AvgIpc) is 3.51. The maximum atomic E-state index is 6.39. The lowest BCUT2D eigenvalue weighted by atomic mass is 10.1. The Bertz CT molecular complexity index is 1270. The Hall–Kier alpha value is -3.66. The number of rotatable bonds is 11. The molecule has 0 aromatic carbocycles. The molecule has 4 heterocycles. The summed E-state index contributed by atoms with van der Waals surface area (Å²) in [6.07, 6.45) is 5.20. The number of aryl methyl sites for hydroxylation is 1. The third-order valence-corrected chi connectivity index (χ3v) is 5.83. The van der Waals surface area contributed by atoms with Gasteiger partial charge in [0.1, 0.15) is 6.10 Å². The monoisotopic (exact) mass is 464 g/mol. The van der Waals surface area contributed by atoms with Gasteiger partial charge in [-0.25, -0.2) is 4.68 Å². The zero-order valence-electron chi connectivity index (χ0n) is 20.4. The molecule has 1 atom stereocenters. The van der Waals surface area contributed by atoms with E-state index in [1.165, 1.54) is 0 Å². The van der Waals surface area contributed by atoms with Crippen LogP contribution < -0.4 is 9.47 Å². The van der Waals surface area contributed by atoms with E-state index in [9.17, 15) is 0 Å². The number of fused-ring (bicyclic) bond motifs is 1. The van der Waals surface area contributed by atoms with Crippen molar-refractivity contribution in [3.63, 3.8) is 0 Å². The van der Waals surface area contributed by atoms with Crippen molar-refractivity contribution >= 4 is 17.0 Å². The summed E-state index contributed by atoms with van der Waals surface area (Å²) in [6.45, 7) is 15.0. The molecule has 4 aromatic rings. The molecule has 0 bridgehead atoms. The predicted octanol–water partition coefficient (Wildman–Crippen LogP) is 3.72. The van der Waals surface area contributed by atoms with E-state index in [0.717, 1.165) is 58.7 Å². The van der Waals surface area contributed by atoms with Crippen molar-refractivity contribution in [2.45, 2.75) is 40.3 Å². The van der Waals surface area contributed by atoms with E-state index in [1.54, 1.807) is 23.2 Å². The number of nitrogens with one attached hydrogen (secondary N) is 2. The lowest BCUT2D eigenvalue weighted by Crippen LogP contribution is -2.34. The van der Waals surface area contributed by atoms with Crippen molar-refractivity contribution in [3.05, 3.63) is 42.0 Å². The summed E-state index contributed by atoms with van der Waals surface area (Å²) >= 11 is 0. The second-order valence-corrected chi connectivity index (χ2v) is 8.24. The Morgan fingerprint density at radius 2 is 2.06 bits per heavy atom. The normalized spacial score (nSPS) is 12.4. The second-order valence-electron chi connectivity index (χ2n) is 8.24. The highest BCUT2D eigenvalue weighted by Crippen LogP contribution is 2.31. The summed E-state index contributed by atoms with van der Waals surface area (Å²) < 4.78 is 13.7. The lowest BCUT2D eigenvalue weighted by Gasteiger charge is -2.25. The molecule has 34 heavy (non-hydrogen) atoms. The fraction of sp³-hybridized carbons (Fsp3) is 0.417. The molecule has 180 valence electrons. The smallest absolute Gasteiger partial charge is 0.235 e. The fourth-order valence-corrected chi connectivity index (χ4v) is 3.95. The molecule has 0 aliphatic heterocycles. The highest BCUT2D eigenvalue weighted by atomic mass is 16.5. The maximum absolute atomic E-state index is 6.39. The predicted molar refractivity (Wildman–Crippen MR) is 132 cm³/mol. The number of aromatic amines is 2. The van der Waals surface area contributed by atoms with Gasteiger partial charge in [0.25, 0.3) is 0 Å². The SMILES string of the molecule is C=Cc1n[nH]c2cnc(-c3cnn(C)c3OC(C)CN(CC)Cc3[nH]nc(OCC)c3C)cc12. The van der Waals surface area contributed by atoms with Crippen LogP contribution in [0.15, 0.2) is 25.0 Å². The molecule has 10 heteroatoms. The molecule has 10 nitrogen and oxygen atoms in total. The summed E-state index contributed by atoms with van der Waals surface area (Å²) in [7, 11) is 1.87. The zero-order chi connectivity index (χ0) is 24.2. The summed E-state index contributed by atoms with van der Waals surface area (Å²) in [5.41, 5.74) is 5.35. The minimum atomic E-state index is -0.0786. The molecule has 0 aliphatic carbocycles. The van der Waals surface area contributed by atoms with Gasteiger partial charge in [0, 0.05) is 31.1 Å². The van der Waals surface area contributed by atoms with Gasteiger partial charge in [-0.2, -0.15) is 10.2 Å². The van der Waals surface area contributed by atoms with Gasteiger partial charge in [0.2, 0.25) is 11.8 Å². The maximum Gasteiger partial charge on any atom is 0.235 e. The molecular weight excluding hydrogens is 432 g/mol. The van der Waals surface area contributed by atoms with Gasteiger partial charge in [-0.1, -0.05) is 13.5 Å². The molecule has 4 rings (SSSR count). The van der Waals surface area contributed by atoms with E-state index < -0.39 is 0 Å². The molecule has 0 saturated heterocycles. The zero-order valence-corrected chi connectivity index (χ0v) is 20.4. The lowest BCUT2D eigenvalue weighted by molar-refractivity contribution is 0.135. The number of ether oxygens (including phenoxy) is 2. The van der Waals surface area contributed by atoms with Crippen LogP contribution in [-0.2, 0) is 13.6 Å². The van der Waals surface area contributed by atoms with E-state index in [4.69, 9.17) is 9.47 Å². The minimum absolute atomic E-state index is 0.0786. The Morgan fingerprint density at radius 3 is 2.79 bits per heavy atom. The number of hydrogen-bond acceptors (Lipinski definition) is 7. The van der Waals surface area contributed by atoms with Crippen LogP contribution in [0.25, 0.3) is 28.2 Å². The summed E-state index contributed by atoms with van der Waals surface area (Å²) in [5, 5.41) is 20.0. The minimum Gasteiger partial charge on any atom is -0.477 e. The number of H-pyrrole nitrogens is 2. The Balaban J connectivity index is 1.50. The van der Waals surface area contributed by atoms with Crippen LogP contribution in [0, 0.1) is 6.92 Å². The number of aromatic nitrogens is 7. The van der Waals surface area contributed by atoms with Crippen molar-refractivity contribution in [2.75, 3.05) is 19.7 Å². The number of nitrogens with zero attached hydrogens (tertiary/aromatic N) is 6. The highest BCUT2D eigenvalue weighted by Gasteiger charge is 2.20. The van der Waals surface area contributed by atoms with Crippen LogP contribution in [0.5, 0.6) is 11.8 Å². The molecule has 1 unspecified atom stereocenters. The van der Waals surface area contributed by atoms with Gasteiger partial charge >= 0.3 is 0 Å². The molecule has 0 spiro atoms. The van der Waals surface area contributed by atoms with Crippen molar-refractivity contribution in [1.29, 1.82) is 0 Å². The van der Waals surface area contributed by atoms with Gasteiger partial charge in [0.15, 0.2) is 0 Å². The van der Waals surface area contributed by atoms with Crippen molar-refractivity contribution in [3.8, 4) is 23.0 Å².